The molecule has 0 heterocycles. The van der Waals surface area contributed by atoms with Crippen LogP contribution < -0.4 is 0 Å². The summed E-state index contributed by atoms with van der Waals surface area (Å²) in [6, 6.07) is 11.4. The van der Waals surface area contributed by atoms with Crippen molar-refractivity contribution in [2.45, 2.75) is 12.8 Å². The third-order valence-corrected chi connectivity index (χ3v) is 3.92. The number of ketones is 1. The molecule has 8 heteroatoms. The summed E-state index contributed by atoms with van der Waals surface area (Å²) in [6.07, 6.45) is 0. The molecule has 0 amide bonds. The number of fused-ring (bicyclic) bond motifs is 1. The van der Waals surface area contributed by atoms with Crippen LogP contribution in [0.25, 0.3) is 10.8 Å². The van der Waals surface area contributed by atoms with Gasteiger partial charge >= 0.3 is 17.6 Å². The first-order valence-electron chi connectivity index (χ1n) is 7.23. The van der Waals surface area contributed by atoms with Crippen molar-refractivity contribution in [3.05, 3.63) is 69.8 Å². The Morgan fingerprint density at radius 3 is 2.16 bits per heavy atom. The molecule has 0 aliphatic heterocycles. The zero-order valence-corrected chi connectivity index (χ0v) is 13.1. The predicted octanol–water partition coefficient (Wildman–Crippen LogP) is 2.78. The summed E-state index contributed by atoms with van der Waals surface area (Å²) in [6.45, 7) is 0.989. The molecule has 2 aromatic carbocycles. The standard InChI is InChI=1S/C17H15NO7/c1-9(19)13(16(20)21)14(15(17(22)23)18(24)25)12-8-4-6-10-5-2-3-7-11(10)12/h2-8,13-14,22-23H,1H3,(H,20,21). The second-order valence-corrected chi connectivity index (χ2v) is 5.44. The smallest absolute Gasteiger partial charge is 0.351 e. The number of allylic oxidation sites excluding steroid dienone is 1. The minimum atomic E-state index is -1.85. The number of aliphatic hydroxyl groups is 2. The zero-order valence-electron chi connectivity index (χ0n) is 13.1. The number of nitro groups is 1. The minimum absolute atomic E-state index is 0.146. The van der Waals surface area contributed by atoms with Gasteiger partial charge in [0.15, 0.2) is 0 Å². The highest BCUT2D eigenvalue weighted by Gasteiger charge is 2.44. The van der Waals surface area contributed by atoms with E-state index < -0.39 is 40.2 Å². The summed E-state index contributed by atoms with van der Waals surface area (Å²) in [4.78, 5) is 33.8. The molecule has 3 N–H and O–H groups in total. The molecule has 2 atom stereocenters. The van der Waals surface area contributed by atoms with Crippen molar-refractivity contribution in [2.75, 3.05) is 0 Å². The monoisotopic (exact) mass is 345 g/mol. The number of hydrogen-bond acceptors (Lipinski definition) is 6. The lowest BCUT2D eigenvalue weighted by atomic mass is 9.79. The molecule has 2 aromatic rings. The Labute approximate surface area is 141 Å². The maximum Gasteiger partial charge on any atom is 0.351 e. The second kappa shape index (κ2) is 7.00. The van der Waals surface area contributed by atoms with E-state index in [9.17, 15) is 35.0 Å². The molecule has 0 aliphatic rings. The fourth-order valence-electron chi connectivity index (χ4n) is 2.89. The molecule has 130 valence electrons. The van der Waals surface area contributed by atoms with E-state index >= 15 is 0 Å². The van der Waals surface area contributed by atoms with Gasteiger partial charge in [-0.2, -0.15) is 0 Å². The van der Waals surface area contributed by atoms with Gasteiger partial charge in [0.25, 0.3) is 0 Å². The van der Waals surface area contributed by atoms with Crippen LogP contribution in [-0.2, 0) is 9.59 Å². The molecule has 0 spiro atoms. The second-order valence-electron chi connectivity index (χ2n) is 5.44. The number of carbonyl (C=O) groups excluding carboxylic acids is 1. The van der Waals surface area contributed by atoms with Crippen LogP contribution in [0.2, 0.25) is 0 Å². The summed E-state index contributed by atoms with van der Waals surface area (Å²) < 4.78 is 0. The van der Waals surface area contributed by atoms with Crippen LogP contribution in [0.4, 0.5) is 0 Å². The van der Waals surface area contributed by atoms with Crippen LogP contribution in [-0.4, -0.2) is 32.0 Å². The Bertz CT molecular complexity index is 864. The van der Waals surface area contributed by atoms with Crippen molar-refractivity contribution in [2.24, 2.45) is 5.92 Å². The van der Waals surface area contributed by atoms with Gasteiger partial charge in [-0.1, -0.05) is 42.5 Å². The van der Waals surface area contributed by atoms with E-state index in [-0.39, 0.29) is 5.56 Å². The Morgan fingerprint density at radius 1 is 1.04 bits per heavy atom. The van der Waals surface area contributed by atoms with E-state index in [1.54, 1.807) is 36.4 Å². The largest absolute Gasteiger partial charge is 0.481 e. The van der Waals surface area contributed by atoms with Gasteiger partial charge in [0.05, 0.1) is 4.92 Å². The minimum Gasteiger partial charge on any atom is -0.481 e. The third kappa shape index (κ3) is 3.42. The lowest BCUT2D eigenvalue weighted by molar-refractivity contribution is -0.436. The molecule has 0 saturated carbocycles. The van der Waals surface area contributed by atoms with Gasteiger partial charge in [-0.15, -0.1) is 0 Å². The first-order valence-corrected chi connectivity index (χ1v) is 7.23. The lowest BCUT2D eigenvalue weighted by Gasteiger charge is -2.21. The zero-order chi connectivity index (χ0) is 18.7. The summed E-state index contributed by atoms with van der Waals surface area (Å²) in [5.74, 6) is -7.57. The van der Waals surface area contributed by atoms with Gasteiger partial charge in [0.1, 0.15) is 17.6 Å². The van der Waals surface area contributed by atoms with Crippen molar-refractivity contribution in [3.63, 3.8) is 0 Å². The molecule has 2 rings (SSSR count). The van der Waals surface area contributed by atoms with Gasteiger partial charge in [-0.3, -0.25) is 19.7 Å². The van der Waals surface area contributed by atoms with E-state index in [1.165, 1.54) is 6.07 Å². The number of rotatable bonds is 6. The third-order valence-electron chi connectivity index (χ3n) is 3.92. The number of hydrogen-bond donors (Lipinski definition) is 3. The molecule has 0 radical (unpaired) electrons. The molecule has 25 heavy (non-hydrogen) atoms. The van der Waals surface area contributed by atoms with Crippen LogP contribution in [0, 0.1) is 16.0 Å². The van der Waals surface area contributed by atoms with Crippen LogP contribution in [0.1, 0.15) is 18.4 Å². The fraction of sp³-hybridized carbons (Fsp3) is 0.176. The molecule has 0 aromatic heterocycles. The van der Waals surface area contributed by atoms with Crippen LogP contribution in [0.3, 0.4) is 0 Å². The predicted molar refractivity (Wildman–Crippen MR) is 87.8 cm³/mol. The number of aliphatic hydroxyl groups excluding tert-OH is 1. The number of aliphatic carboxylic acids is 1. The van der Waals surface area contributed by atoms with Crippen molar-refractivity contribution >= 4 is 22.5 Å². The molecular weight excluding hydrogens is 330 g/mol. The van der Waals surface area contributed by atoms with Crippen LogP contribution in [0.5, 0.6) is 0 Å². The van der Waals surface area contributed by atoms with Crippen LogP contribution >= 0.6 is 0 Å². The van der Waals surface area contributed by atoms with Gasteiger partial charge < -0.3 is 15.3 Å². The maximum atomic E-state index is 11.9. The van der Waals surface area contributed by atoms with E-state index in [0.29, 0.717) is 10.8 Å². The normalized spacial score (nSPS) is 13.0. The maximum absolute atomic E-state index is 11.9. The average Bonchev–Trinajstić information content (AvgIpc) is 2.52. The number of Topliss-reactive ketones (excluding diaryl/α,β-unsaturated/α-hetero) is 1. The Balaban J connectivity index is 2.87. The van der Waals surface area contributed by atoms with E-state index in [0.717, 1.165) is 6.92 Å². The van der Waals surface area contributed by atoms with Crippen molar-refractivity contribution in [1.29, 1.82) is 0 Å². The molecule has 0 bridgehead atoms. The molecule has 0 saturated heterocycles. The molecule has 0 aliphatic carbocycles. The number of carboxylic acids is 1. The van der Waals surface area contributed by atoms with Gasteiger partial charge in [0, 0.05) is 0 Å². The fourth-order valence-corrected chi connectivity index (χ4v) is 2.89. The summed E-state index contributed by atoms with van der Waals surface area (Å²) >= 11 is 0. The first kappa shape index (κ1) is 17.9. The topological polar surface area (TPSA) is 138 Å². The molecule has 2 unspecified atom stereocenters. The van der Waals surface area contributed by atoms with Gasteiger partial charge in [0.2, 0.25) is 0 Å². The lowest BCUT2D eigenvalue weighted by Crippen LogP contribution is -2.32. The Morgan fingerprint density at radius 2 is 1.64 bits per heavy atom. The molecular formula is C17H15NO7. The SMILES string of the molecule is CC(=O)C(C(=O)O)C(C(=C(O)O)[N+](=O)[O-])c1cccc2ccccc12. The summed E-state index contributed by atoms with van der Waals surface area (Å²) in [7, 11) is 0. The first-order chi connectivity index (χ1) is 11.8. The van der Waals surface area contributed by atoms with Crippen molar-refractivity contribution in [1.82, 2.24) is 0 Å². The van der Waals surface area contributed by atoms with Crippen molar-refractivity contribution < 1.29 is 29.8 Å². The van der Waals surface area contributed by atoms with E-state index in [4.69, 9.17) is 0 Å². The van der Waals surface area contributed by atoms with E-state index in [1.807, 2.05) is 0 Å². The highest BCUT2D eigenvalue weighted by molar-refractivity contribution is 5.99. The quantitative estimate of drug-likeness (QED) is 0.317. The highest BCUT2D eigenvalue weighted by atomic mass is 16.6. The molecule has 0 fully saturated rings. The number of nitrogens with zero attached hydrogens (tertiary/aromatic N) is 1. The number of carbonyl (C=O) groups is 2. The van der Waals surface area contributed by atoms with Crippen molar-refractivity contribution in [3.8, 4) is 0 Å². The Kier molecular flexibility index (Phi) is 5.02. The molecule has 8 nitrogen and oxygen atoms in total. The average molecular weight is 345 g/mol. The Hall–Kier alpha value is -3.42. The van der Waals surface area contributed by atoms with Gasteiger partial charge in [-0.05, 0) is 23.3 Å². The van der Waals surface area contributed by atoms with Crippen LogP contribution in [0.15, 0.2) is 54.1 Å². The van der Waals surface area contributed by atoms with Gasteiger partial charge in [-0.25, -0.2) is 0 Å². The van der Waals surface area contributed by atoms with E-state index in [2.05, 4.69) is 0 Å². The summed E-state index contributed by atoms with van der Waals surface area (Å²) in [5.41, 5.74) is -0.994. The number of carboxylic acid groups (broad SMARTS) is 1. The highest BCUT2D eigenvalue weighted by Crippen LogP contribution is 2.38. The number of benzene rings is 2. The summed E-state index contributed by atoms with van der Waals surface area (Å²) in [5, 5.41) is 40.7.